The van der Waals surface area contributed by atoms with Crippen molar-refractivity contribution in [2.45, 2.75) is 0 Å². The number of rotatable bonds is 1. The van der Waals surface area contributed by atoms with E-state index >= 15 is 0 Å². The van der Waals surface area contributed by atoms with Gasteiger partial charge >= 0.3 is 0 Å². The number of hydrogen-bond donors (Lipinski definition) is 2. The first-order chi connectivity index (χ1) is 7.50. The van der Waals surface area contributed by atoms with E-state index in [9.17, 15) is 14.9 Å². The minimum absolute atomic E-state index is 0.0120. The second kappa shape index (κ2) is 3.42. The molecule has 3 N–H and O–H groups in total. The van der Waals surface area contributed by atoms with Crippen LogP contribution in [0.1, 0.15) is 0 Å². The number of nitrogen functional groups attached to an aromatic ring is 1. The second-order valence-corrected chi connectivity index (χ2v) is 3.48. The second-order valence-electron chi connectivity index (χ2n) is 3.09. The average Bonchev–Trinajstić information content (AvgIpc) is 2.25. The van der Waals surface area contributed by atoms with Crippen LogP contribution in [-0.2, 0) is 0 Å². The van der Waals surface area contributed by atoms with E-state index in [-0.39, 0.29) is 15.8 Å². The Morgan fingerprint density at radius 1 is 1.50 bits per heavy atom. The summed E-state index contributed by atoms with van der Waals surface area (Å²) in [5, 5.41) is 10.8. The molecule has 0 aliphatic heterocycles. The highest BCUT2D eigenvalue weighted by Gasteiger charge is 2.09. The van der Waals surface area contributed by atoms with Gasteiger partial charge in [0, 0.05) is 12.1 Å². The molecule has 0 saturated heterocycles. The highest BCUT2D eigenvalue weighted by molar-refractivity contribution is 7.71. The van der Waals surface area contributed by atoms with Crippen LogP contribution in [-0.4, -0.2) is 14.6 Å². The molecule has 0 spiro atoms. The standard InChI is InChI=1S/C8H6N4O3S/c9-11-7(13)5-2-1-4(12(14)15)3-6(5)10-8(11)16/h1-3H,9H2,(H,10,16). The summed E-state index contributed by atoms with van der Waals surface area (Å²) in [4.78, 5) is 24.2. The minimum Gasteiger partial charge on any atom is -0.334 e. The summed E-state index contributed by atoms with van der Waals surface area (Å²) in [5.41, 5.74) is -0.313. The van der Waals surface area contributed by atoms with E-state index in [2.05, 4.69) is 4.98 Å². The summed E-state index contributed by atoms with van der Waals surface area (Å²) < 4.78 is 0.793. The zero-order valence-corrected chi connectivity index (χ0v) is 8.65. The van der Waals surface area contributed by atoms with E-state index in [1.807, 2.05) is 0 Å². The highest BCUT2D eigenvalue weighted by atomic mass is 32.1. The number of H-pyrrole nitrogens is 1. The summed E-state index contributed by atoms with van der Waals surface area (Å²) in [5.74, 6) is 5.38. The molecule has 0 aliphatic rings. The molecule has 0 saturated carbocycles. The zero-order valence-electron chi connectivity index (χ0n) is 7.84. The van der Waals surface area contributed by atoms with Gasteiger partial charge in [-0.15, -0.1) is 0 Å². The number of fused-ring (bicyclic) bond motifs is 1. The maximum atomic E-state index is 11.6. The third kappa shape index (κ3) is 1.44. The summed E-state index contributed by atoms with van der Waals surface area (Å²) in [6, 6.07) is 3.82. The monoisotopic (exact) mass is 238 g/mol. The number of aromatic amines is 1. The van der Waals surface area contributed by atoms with Crippen molar-refractivity contribution in [3.8, 4) is 0 Å². The molecular formula is C8H6N4O3S. The fraction of sp³-hybridized carbons (Fsp3) is 0. The van der Waals surface area contributed by atoms with E-state index in [0.717, 1.165) is 4.68 Å². The van der Waals surface area contributed by atoms with Crippen molar-refractivity contribution in [1.29, 1.82) is 0 Å². The van der Waals surface area contributed by atoms with Crippen molar-refractivity contribution in [1.82, 2.24) is 9.66 Å². The summed E-state index contributed by atoms with van der Waals surface area (Å²) in [7, 11) is 0. The molecule has 2 rings (SSSR count). The number of nitrogens with one attached hydrogen (secondary N) is 1. The smallest absolute Gasteiger partial charge is 0.280 e. The molecule has 1 heterocycles. The Hall–Kier alpha value is -2.22. The molecule has 1 aromatic carbocycles. The number of benzene rings is 1. The molecule has 0 atom stereocenters. The number of nitrogens with two attached hydrogens (primary N) is 1. The number of aromatic nitrogens is 2. The molecule has 82 valence electrons. The van der Waals surface area contributed by atoms with Crippen molar-refractivity contribution < 1.29 is 4.92 Å². The maximum Gasteiger partial charge on any atom is 0.280 e. The van der Waals surface area contributed by atoms with E-state index in [4.69, 9.17) is 18.1 Å². The number of non-ortho nitro benzene ring substituents is 1. The van der Waals surface area contributed by atoms with E-state index in [1.165, 1.54) is 18.2 Å². The summed E-state index contributed by atoms with van der Waals surface area (Å²) in [6.45, 7) is 0. The van der Waals surface area contributed by atoms with Gasteiger partial charge in [-0.2, -0.15) is 4.68 Å². The van der Waals surface area contributed by atoms with Crippen LogP contribution in [0, 0.1) is 14.9 Å². The average molecular weight is 238 g/mol. The Bertz CT molecular complexity index is 702. The lowest BCUT2D eigenvalue weighted by Gasteiger charge is -2.01. The van der Waals surface area contributed by atoms with Crippen LogP contribution in [0.15, 0.2) is 23.0 Å². The van der Waals surface area contributed by atoms with Gasteiger partial charge in [0.05, 0.1) is 15.8 Å². The molecule has 0 bridgehead atoms. The summed E-state index contributed by atoms with van der Waals surface area (Å²) in [6.07, 6.45) is 0. The first-order valence-corrected chi connectivity index (χ1v) is 4.60. The van der Waals surface area contributed by atoms with Crippen molar-refractivity contribution in [3.05, 3.63) is 43.4 Å². The van der Waals surface area contributed by atoms with Gasteiger partial charge in [0.25, 0.3) is 11.2 Å². The number of nitro benzene ring substituents is 1. The summed E-state index contributed by atoms with van der Waals surface area (Å²) >= 11 is 4.79. The molecular weight excluding hydrogens is 232 g/mol. The first kappa shape index (κ1) is 10.3. The third-order valence-corrected chi connectivity index (χ3v) is 2.42. The predicted molar refractivity (Wildman–Crippen MR) is 60.2 cm³/mol. The molecule has 16 heavy (non-hydrogen) atoms. The Morgan fingerprint density at radius 3 is 2.81 bits per heavy atom. The predicted octanol–water partition coefficient (Wildman–Crippen LogP) is 0.681. The SMILES string of the molecule is Nn1c(=S)[nH]c2cc([N+](=O)[O-])ccc2c1=O. The van der Waals surface area contributed by atoms with Gasteiger partial charge in [0.2, 0.25) is 0 Å². The van der Waals surface area contributed by atoms with Crippen LogP contribution >= 0.6 is 12.2 Å². The Morgan fingerprint density at radius 2 is 2.19 bits per heavy atom. The molecule has 0 fully saturated rings. The minimum atomic E-state index is -0.551. The van der Waals surface area contributed by atoms with Crippen molar-refractivity contribution >= 4 is 28.8 Å². The Labute approximate surface area is 93.2 Å². The van der Waals surface area contributed by atoms with E-state index < -0.39 is 10.5 Å². The lowest BCUT2D eigenvalue weighted by Crippen LogP contribution is -2.28. The molecule has 2 aromatic rings. The first-order valence-electron chi connectivity index (χ1n) is 4.19. The normalized spacial score (nSPS) is 10.5. The Kier molecular flexibility index (Phi) is 2.20. The number of nitrogens with zero attached hydrogens (tertiary/aromatic N) is 2. The third-order valence-electron chi connectivity index (χ3n) is 2.12. The van der Waals surface area contributed by atoms with Crippen LogP contribution in [0.25, 0.3) is 10.9 Å². The maximum absolute atomic E-state index is 11.6. The van der Waals surface area contributed by atoms with Gasteiger partial charge in [-0.25, -0.2) is 0 Å². The lowest BCUT2D eigenvalue weighted by molar-refractivity contribution is -0.384. The molecule has 7 nitrogen and oxygen atoms in total. The molecule has 0 aliphatic carbocycles. The lowest BCUT2D eigenvalue weighted by atomic mass is 10.2. The number of nitro groups is 1. The quantitative estimate of drug-likeness (QED) is 0.329. The Balaban J connectivity index is 2.92. The fourth-order valence-electron chi connectivity index (χ4n) is 1.33. The van der Waals surface area contributed by atoms with Crippen LogP contribution < -0.4 is 11.4 Å². The van der Waals surface area contributed by atoms with Crippen LogP contribution in [0.2, 0.25) is 0 Å². The fourth-order valence-corrected chi connectivity index (χ4v) is 1.53. The molecule has 1 aromatic heterocycles. The van der Waals surface area contributed by atoms with Crippen LogP contribution in [0.3, 0.4) is 0 Å². The van der Waals surface area contributed by atoms with Crippen LogP contribution in [0.4, 0.5) is 5.69 Å². The number of hydrogen-bond acceptors (Lipinski definition) is 5. The molecule has 0 amide bonds. The molecule has 0 radical (unpaired) electrons. The van der Waals surface area contributed by atoms with Gasteiger partial charge in [-0.3, -0.25) is 14.9 Å². The van der Waals surface area contributed by atoms with Crippen molar-refractivity contribution in [2.75, 3.05) is 5.84 Å². The van der Waals surface area contributed by atoms with Gasteiger partial charge in [0.1, 0.15) is 0 Å². The molecule has 0 unspecified atom stereocenters. The molecule has 8 heteroatoms. The van der Waals surface area contributed by atoms with E-state index in [0.29, 0.717) is 5.52 Å². The topological polar surface area (TPSA) is 107 Å². The van der Waals surface area contributed by atoms with Crippen molar-refractivity contribution in [2.24, 2.45) is 0 Å². The van der Waals surface area contributed by atoms with E-state index in [1.54, 1.807) is 0 Å². The van der Waals surface area contributed by atoms with Crippen molar-refractivity contribution in [3.63, 3.8) is 0 Å². The van der Waals surface area contributed by atoms with Crippen LogP contribution in [0.5, 0.6) is 0 Å². The zero-order chi connectivity index (χ0) is 11.9. The van der Waals surface area contributed by atoms with Gasteiger partial charge in [-0.05, 0) is 18.3 Å². The largest absolute Gasteiger partial charge is 0.334 e. The van der Waals surface area contributed by atoms with Gasteiger partial charge < -0.3 is 10.8 Å². The van der Waals surface area contributed by atoms with Gasteiger partial charge in [-0.1, -0.05) is 0 Å². The highest BCUT2D eigenvalue weighted by Crippen LogP contribution is 2.16. The van der Waals surface area contributed by atoms with Gasteiger partial charge in [0.15, 0.2) is 4.77 Å².